The van der Waals surface area contributed by atoms with Crippen molar-refractivity contribution in [2.45, 2.75) is 33.4 Å². The van der Waals surface area contributed by atoms with Crippen LogP contribution in [0, 0.1) is 0 Å². The highest BCUT2D eigenvalue weighted by Crippen LogP contribution is 2.27. The number of nitrogens with one attached hydrogen (secondary N) is 1. The van der Waals surface area contributed by atoms with Gasteiger partial charge in [-0.2, -0.15) is 0 Å². The van der Waals surface area contributed by atoms with E-state index < -0.39 is 0 Å². The maximum atomic E-state index is 4.79. The van der Waals surface area contributed by atoms with Crippen LogP contribution in [0.1, 0.15) is 30.1 Å². The maximum absolute atomic E-state index is 4.79. The normalized spacial score (nSPS) is 10.8. The lowest BCUT2D eigenvalue weighted by atomic mass is 10.3. The van der Waals surface area contributed by atoms with E-state index in [2.05, 4.69) is 35.1 Å². The summed E-state index contributed by atoms with van der Waals surface area (Å²) in [5, 5.41) is 4.32. The van der Waals surface area contributed by atoms with Crippen molar-refractivity contribution in [1.29, 1.82) is 0 Å². The molecule has 0 saturated carbocycles. The summed E-state index contributed by atoms with van der Waals surface area (Å²) in [6, 6.07) is 6.04. The van der Waals surface area contributed by atoms with Crippen LogP contribution in [0.4, 0.5) is 5.13 Å². The molecule has 0 bridgehead atoms. The summed E-state index contributed by atoms with van der Waals surface area (Å²) in [6.45, 7) is 6.96. The van der Waals surface area contributed by atoms with Crippen molar-refractivity contribution < 1.29 is 0 Å². The van der Waals surface area contributed by atoms with Crippen LogP contribution in [-0.2, 0) is 19.5 Å². The number of hydrogen-bond donors (Lipinski definition) is 1. The fourth-order valence-corrected chi connectivity index (χ4v) is 3.31. The zero-order chi connectivity index (χ0) is 14.4. The number of pyridine rings is 1. The van der Waals surface area contributed by atoms with Crippen molar-refractivity contribution in [3.63, 3.8) is 0 Å². The molecule has 0 aliphatic heterocycles. The van der Waals surface area contributed by atoms with Crippen LogP contribution < -0.4 is 10.2 Å². The summed E-state index contributed by atoms with van der Waals surface area (Å²) in [4.78, 5) is 12.8. The van der Waals surface area contributed by atoms with Gasteiger partial charge >= 0.3 is 0 Å². The smallest absolute Gasteiger partial charge is 0.186 e. The van der Waals surface area contributed by atoms with Gasteiger partial charge in [0.15, 0.2) is 5.13 Å². The van der Waals surface area contributed by atoms with Gasteiger partial charge in [-0.3, -0.25) is 4.98 Å². The molecule has 2 aromatic heterocycles. The highest BCUT2D eigenvalue weighted by atomic mass is 32.1. The van der Waals surface area contributed by atoms with Gasteiger partial charge in [-0.1, -0.05) is 13.0 Å². The molecule has 5 heteroatoms. The first-order valence-corrected chi connectivity index (χ1v) is 7.88. The third-order valence-electron chi connectivity index (χ3n) is 3.17. The molecule has 0 atom stereocenters. The fraction of sp³-hybridized carbons (Fsp3) is 0.467. The van der Waals surface area contributed by atoms with E-state index in [4.69, 9.17) is 4.98 Å². The summed E-state index contributed by atoms with van der Waals surface area (Å²) in [6.07, 6.45) is 2.82. The molecule has 0 radical (unpaired) electrons. The number of aryl methyl sites for hydroxylation is 1. The van der Waals surface area contributed by atoms with Crippen LogP contribution in [0.5, 0.6) is 0 Å². The molecular formula is C15H22N4S. The molecule has 4 nitrogen and oxygen atoms in total. The summed E-state index contributed by atoms with van der Waals surface area (Å²) in [5.41, 5.74) is 2.29. The molecule has 0 aliphatic carbocycles. The van der Waals surface area contributed by atoms with Gasteiger partial charge in [-0.15, -0.1) is 11.3 Å². The zero-order valence-corrected chi connectivity index (χ0v) is 13.2. The number of hydrogen-bond acceptors (Lipinski definition) is 5. The Morgan fingerprint density at radius 1 is 1.30 bits per heavy atom. The Bertz CT molecular complexity index is 524. The summed E-state index contributed by atoms with van der Waals surface area (Å²) < 4.78 is 0. The summed E-state index contributed by atoms with van der Waals surface area (Å²) >= 11 is 1.79. The third kappa shape index (κ3) is 3.55. The predicted octanol–water partition coefficient (Wildman–Crippen LogP) is 2.85. The molecule has 0 saturated heterocycles. The van der Waals surface area contributed by atoms with Gasteiger partial charge in [0.25, 0.3) is 0 Å². The van der Waals surface area contributed by atoms with Crippen LogP contribution in [0.15, 0.2) is 24.4 Å². The Kier molecular flexibility index (Phi) is 5.49. The molecule has 0 fully saturated rings. The quantitative estimate of drug-likeness (QED) is 0.851. The van der Waals surface area contributed by atoms with Gasteiger partial charge in [-0.05, 0) is 32.5 Å². The second-order valence-corrected chi connectivity index (χ2v) is 5.65. The average Bonchev–Trinajstić information content (AvgIpc) is 2.89. The monoisotopic (exact) mass is 290 g/mol. The maximum Gasteiger partial charge on any atom is 0.186 e. The molecule has 2 aromatic rings. The topological polar surface area (TPSA) is 41.1 Å². The Morgan fingerprint density at radius 3 is 2.75 bits per heavy atom. The van der Waals surface area contributed by atoms with Gasteiger partial charge in [0, 0.05) is 24.2 Å². The van der Waals surface area contributed by atoms with Crippen LogP contribution in [-0.4, -0.2) is 23.6 Å². The largest absolute Gasteiger partial charge is 0.342 e. The van der Waals surface area contributed by atoms with Crippen molar-refractivity contribution in [1.82, 2.24) is 15.3 Å². The summed E-state index contributed by atoms with van der Waals surface area (Å²) in [5.74, 6) is 0. The molecule has 2 heterocycles. The van der Waals surface area contributed by atoms with Crippen LogP contribution in [0.3, 0.4) is 0 Å². The van der Waals surface area contributed by atoms with E-state index in [1.54, 1.807) is 11.3 Å². The Morgan fingerprint density at radius 2 is 2.15 bits per heavy atom. The SMILES string of the molecule is CCc1nc(N(CC)Cc2ccccn2)sc1CNC. The lowest BCUT2D eigenvalue weighted by molar-refractivity contribution is 0.796. The number of thiazole rings is 1. The van der Waals surface area contributed by atoms with E-state index in [9.17, 15) is 0 Å². The minimum absolute atomic E-state index is 0.813. The first kappa shape index (κ1) is 14.9. The van der Waals surface area contributed by atoms with Crippen LogP contribution in [0.2, 0.25) is 0 Å². The van der Waals surface area contributed by atoms with E-state index in [-0.39, 0.29) is 0 Å². The van der Waals surface area contributed by atoms with Crippen LogP contribution >= 0.6 is 11.3 Å². The van der Waals surface area contributed by atoms with Crippen molar-refractivity contribution in [3.8, 4) is 0 Å². The number of anilines is 1. The zero-order valence-electron chi connectivity index (χ0n) is 12.4. The average molecular weight is 290 g/mol. The molecule has 108 valence electrons. The molecule has 1 N–H and O–H groups in total. The van der Waals surface area contributed by atoms with E-state index in [1.807, 2.05) is 25.4 Å². The molecule has 2 rings (SSSR count). The van der Waals surface area contributed by atoms with E-state index >= 15 is 0 Å². The lowest BCUT2D eigenvalue weighted by Crippen LogP contribution is -2.22. The fourth-order valence-electron chi connectivity index (χ4n) is 2.08. The molecule has 0 spiro atoms. The minimum Gasteiger partial charge on any atom is -0.342 e. The Balaban J connectivity index is 2.18. The Labute approximate surface area is 124 Å². The summed E-state index contributed by atoms with van der Waals surface area (Å²) in [7, 11) is 1.98. The van der Waals surface area contributed by atoms with Gasteiger partial charge in [0.1, 0.15) is 0 Å². The molecule has 0 aromatic carbocycles. The molecule has 20 heavy (non-hydrogen) atoms. The second kappa shape index (κ2) is 7.36. The van der Waals surface area contributed by atoms with Gasteiger partial charge in [0.05, 0.1) is 17.9 Å². The number of rotatable bonds is 7. The van der Waals surface area contributed by atoms with Gasteiger partial charge < -0.3 is 10.2 Å². The number of nitrogens with zero attached hydrogens (tertiary/aromatic N) is 3. The van der Waals surface area contributed by atoms with Crippen molar-refractivity contribution >= 4 is 16.5 Å². The first-order valence-electron chi connectivity index (χ1n) is 7.06. The first-order chi connectivity index (χ1) is 9.78. The molecule has 0 aliphatic rings. The predicted molar refractivity (Wildman–Crippen MR) is 85.2 cm³/mol. The van der Waals surface area contributed by atoms with Crippen molar-refractivity contribution in [3.05, 3.63) is 40.7 Å². The van der Waals surface area contributed by atoms with Gasteiger partial charge in [0.2, 0.25) is 0 Å². The van der Waals surface area contributed by atoms with Crippen molar-refractivity contribution in [2.75, 3.05) is 18.5 Å². The van der Waals surface area contributed by atoms with E-state index in [1.165, 1.54) is 10.6 Å². The third-order valence-corrected chi connectivity index (χ3v) is 4.33. The van der Waals surface area contributed by atoms with Crippen molar-refractivity contribution in [2.24, 2.45) is 0 Å². The number of aromatic nitrogens is 2. The second-order valence-electron chi connectivity index (χ2n) is 4.59. The molecule has 0 unspecified atom stereocenters. The highest BCUT2D eigenvalue weighted by Gasteiger charge is 2.14. The van der Waals surface area contributed by atoms with Crippen LogP contribution in [0.25, 0.3) is 0 Å². The lowest BCUT2D eigenvalue weighted by Gasteiger charge is -2.19. The highest BCUT2D eigenvalue weighted by molar-refractivity contribution is 7.15. The van der Waals surface area contributed by atoms with E-state index in [0.717, 1.165) is 36.9 Å². The standard InChI is InChI=1S/C15H22N4S/c1-4-13-14(10-16-3)20-15(18-13)19(5-2)11-12-8-6-7-9-17-12/h6-9,16H,4-5,10-11H2,1-3H3. The van der Waals surface area contributed by atoms with Gasteiger partial charge in [-0.25, -0.2) is 4.98 Å². The molecule has 0 amide bonds. The van der Waals surface area contributed by atoms with E-state index in [0.29, 0.717) is 0 Å². The minimum atomic E-state index is 0.813. The molecular weight excluding hydrogens is 268 g/mol. The Hall–Kier alpha value is -1.46.